The highest BCUT2D eigenvalue weighted by molar-refractivity contribution is 7.11. The number of aryl methyl sites for hydroxylation is 1. The van der Waals surface area contributed by atoms with Crippen molar-refractivity contribution in [1.29, 1.82) is 0 Å². The lowest BCUT2D eigenvalue weighted by atomic mass is 9.80. The van der Waals surface area contributed by atoms with Crippen molar-refractivity contribution in [3.8, 4) is 0 Å². The number of hydrogen-bond donors (Lipinski definition) is 1. The highest BCUT2D eigenvalue weighted by Gasteiger charge is 2.22. The van der Waals surface area contributed by atoms with Crippen LogP contribution in [0.25, 0.3) is 0 Å². The first-order chi connectivity index (χ1) is 7.65. The topological polar surface area (TPSA) is 24.9 Å². The monoisotopic (exact) mass is 240 g/mol. The number of hydrogen-bond acceptors (Lipinski definition) is 3. The maximum atomic E-state index is 4.27. The van der Waals surface area contributed by atoms with Crippen molar-refractivity contribution in [2.75, 3.05) is 6.54 Å². The highest BCUT2D eigenvalue weighted by Crippen LogP contribution is 2.29. The van der Waals surface area contributed by atoms with Crippen molar-refractivity contribution in [2.45, 2.75) is 53.5 Å². The minimum Gasteiger partial charge on any atom is -0.311 e. The minimum absolute atomic E-state index is 0.486. The third-order valence-electron chi connectivity index (χ3n) is 3.72. The summed E-state index contributed by atoms with van der Waals surface area (Å²) < 4.78 is 0. The molecule has 0 aliphatic heterocycles. The predicted molar refractivity (Wildman–Crippen MR) is 71.9 cm³/mol. The molecule has 0 aromatic carbocycles. The second kappa shape index (κ2) is 6.36. The number of nitrogens with zero attached hydrogens (tertiary/aromatic N) is 1. The molecule has 1 heterocycles. The number of rotatable bonds is 7. The molecular formula is C13H24N2S. The molecule has 0 atom stereocenters. The zero-order valence-corrected chi connectivity index (χ0v) is 11.8. The summed E-state index contributed by atoms with van der Waals surface area (Å²) in [6.45, 7) is 11.0. The first kappa shape index (κ1) is 13.7. The summed E-state index contributed by atoms with van der Waals surface area (Å²) in [6.07, 6.45) is 5.76. The molecule has 1 N–H and O–H groups in total. The normalized spacial score (nSPS) is 12.0. The zero-order valence-electron chi connectivity index (χ0n) is 11.0. The Morgan fingerprint density at radius 2 is 1.88 bits per heavy atom. The molecule has 0 fully saturated rings. The van der Waals surface area contributed by atoms with E-state index in [1.807, 2.05) is 6.20 Å². The van der Waals surface area contributed by atoms with Gasteiger partial charge < -0.3 is 5.32 Å². The molecule has 0 aliphatic carbocycles. The third-order valence-corrected chi connectivity index (χ3v) is 4.63. The fraction of sp³-hybridized carbons (Fsp3) is 0.769. The van der Waals surface area contributed by atoms with E-state index in [4.69, 9.17) is 0 Å². The van der Waals surface area contributed by atoms with Crippen LogP contribution in [0.1, 0.15) is 49.9 Å². The quantitative estimate of drug-likeness (QED) is 0.785. The molecular weight excluding hydrogens is 216 g/mol. The van der Waals surface area contributed by atoms with E-state index in [0.29, 0.717) is 5.41 Å². The summed E-state index contributed by atoms with van der Waals surface area (Å²) in [5.41, 5.74) is 0.486. The molecule has 1 rings (SSSR count). The van der Waals surface area contributed by atoms with Crippen molar-refractivity contribution in [3.05, 3.63) is 16.1 Å². The first-order valence-corrected chi connectivity index (χ1v) is 7.09. The van der Waals surface area contributed by atoms with Crippen LogP contribution in [0.4, 0.5) is 0 Å². The van der Waals surface area contributed by atoms with Crippen LogP contribution in [0.5, 0.6) is 0 Å². The van der Waals surface area contributed by atoms with Crippen LogP contribution in [0, 0.1) is 12.3 Å². The van der Waals surface area contributed by atoms with Crippen molar-refractivity contribution in [3.63, 3.8) is 0 Å². The van der Waals surface area contributed by atoms with E-state index in [0.717, 1.165) is 18.1 Å². The van der Waals surface area contributed by atoms with Crippen LogP contribution in [-0.2, 0) is 6.54 Å². The summed E-state index contributed by atoms with van der Waals surface area (Å²) >= 11 is 1.79. The van der Waals surface area contributed by atoms with Gasteiger partial charge in [0.1, 0.15) is 0 Å². The van der Waals surface area contributed by atoms with Crippen LogP contribution >= 0.6 is 11.3 Å². The van der Waals surface area contributed by atoms with Gasteiger partial charge >= 0.3 is 0 Å². The fourth-order valence-electron chi connectivity index (χ4n) is 2.06. The van der Waals surface area contributed by atoms with Gasteiger partial charge in [-0.05, 0) is 31.6 Å². The van der Waals surface area contributed by atoms with Gasteiger partial charge in [-0.1, -0.05) is 20.8 Å². The Morgan fingerprint density at radius 1 is 1.25 bits per heavy atom. The second-order valence-electron chi connectivity index (χ2n) is 4.51. The van der Waals surface area contributed by atoms with E-state index >= 15 is 0 Å². The van der Waals surface area contributed by atoms with Gasteiger partial charge in [-0.15, -0.1) is 11.3 Å². The predicted octanol–water partition coefficient (Wildman–Crippen LogP) is 3.76. The maximum absolute atomic E-state index is 4.27. The number of thiazole rings is 1. The van der Waals surface area contributed by atoms with Crippen LogP contribution < -0.4 is 5.32 Å². The summed E-state index contributed by atoms with van der Waals surface area (Å²) in [5.74, 6) is 0. The summed E-state index contributed by atoms with van der Waals surface area (Å²) in [7, 11) is 0. The lowest BCUT2D eigenvalue weighted by Crippen LogP contribution is -2.32. The first-order valence-electron chi connectivity index (χ1n) is 6.27. The molecule has 0 amide bonds. The molecule has 0 radical (unpaired) electrons. The largest absolute Gasteiger partial charge is 0.311 e. The Labute approximate surface area is 103 Å². The van der Waals surface area contributed by atoms with Crippen molar-refractivity contribution < 1.29 is 0 Å². The lowest BCUT2D eigenvalue weighted by molar-refractivity contribution is 0.238. The fourth-order valence-corrected chi connectivity index (χ4v) is 2.83. The maximum Gasteiger partial charge on any atom is 0.0897 e. The zero-order chi connectivity index (χ0) is 12.0. The van der Waals surface area contributed by atoms with Gasteiger partial charge in [-0.3, -0.25) is 0 Å². The highest BCUT2D eigenvalue weighted by atomic mass is 32.1. The van der Waals surface area contributed by atoms with E-state index in [2.05, 4.69) is 38.0 Å². The van der Waals surface area contributed by atoms with E-state index in [9.17, 15) is 0 Å². The molecule has 0 saturated carbocycles. The molecule has 16 heavy (non-hydrogen) atoms. The van der Waals surface area contributed by atoms with Gasteiger partial charge in [0.25, 0.3) is 0 Å². The summed E-state index contributed by atoms with van der Waals surface area (Å²) in [5, 5.41) is 4.74. The average Bonchev–Trinajstić information content (AvgIpc) is 2.71. The number of aromatic nitrogens is 1. The third kappa shape index (κ3) is 3.56. The number of nitrogens with one attached hydrogen (secondary N) is 1. The van der Waals surface area contributed by atoms with Gasteiger partial charge in [0.15, 0.2) is 0 Å². The minimum atomic E-state index is 0.486. The Kier molecular flexibility index (Phi) is 5.42. The molecule has 1 aromatic heterocycles. The van der Waals surface area contributed by atoms with Gasteiger partial charge in [-0.2, -0.15) is 0 Å². The molecule has 0 spiro atoms. The molecule has 0 unspecified atom stereocenters. The van der Waals surface area contributed by atoms with Gasteiger partial charge in [0.05, 0.1) is 5.01 Å². The van der Waals surface area contributed by atoms with Crippen LogP contribution in [0.15, 0.2) is 6.20 Å². The van der Waals surface area contributed by atoms with Gasteiger partial charge in [-0.25, -0.2) is 4.98 Å². The van der Waals surface area contributed by atoms with E-state index in [1.54, 1.807) is 11.3 Å². The van der Waals surface area contributed by atoms with Gasteiger partial charge in [0, 0.05) is 24.2 Å². The second-order valence-corrected chi connectivity index (χ2v) is 5.83. The molecule has 0 bridgehead atoms. The molecule has 2 nitrogen and oxygen atoms in total. The van der Waals surface area contributed by atoms with E-state index in [-0.39, 0.29) is 0 Å². The Hall–Kier alpha value is -0.410. The molecule has 92 valence electrons. The molecule has 1 aromatic rings. The van der Waals surface area contributed by atoms with Crippen molar-refractivity contribution >= 4 is 11.3 Å². The van der Waals surface area contributed by atoms with Crippen LogP contribution in [0.2, 0.25) is 0 Å². The molecule has 0 saturated heterocycles. The SMILES string of the molecule is CCC(CC)(CC)CNCc1cnc(C)s1. The van der Waals surface area contributed by atoms with Crippen molar-refractivity contribution in [1.82, 2.24) is 10.3 Å². The Bertz CT molecular complexity index is 294. The molecule has 3 heteroatoms. The molecule has 0 aliphatic rings. The lowest BCUT2D eigenvalue weighted by Gasteiger charge is -2.30. The van der Waals surface area contributed by atoms with E-state index in [1.165, 1.54) is 24.1 Å². The average molecular weight is 240 g/mol. The summed E-state index contributed by atoms with van der Waals surface area (Å²) in [6, 6.07) is 0. The van der Waals surface area contributed by atoms with Crippen LogP contribution in [0.3, 0.4) is 0 Å². The Balaban J connectivity index is 2.39. The Morgan fingerprint density at radius 3 is 2.31 bits per heavy atom. The smallest absolute Gasteiger partial charge is 0.0897 e. The summed E-state index contributed by atoms with van der Waals surface area (Å²) in [4.78, 5) is 5.61. The standard InChI is InChI=1S/C13H24N2S/c1-5-13(6-2,7-3)10-14-8-12-9-15-11(4)16-12/h9,14H,5-8,10H2,1-4H3. The van der Waals surface area contributed by atoms with Crippen molar-refractivity contribution in [2.24, 2.45) is 5.41 Å². The van der Waals surface area contributed by atoms with E-state index < -0.39 is 0 Å². The van der Waals surface area contributed by atoms with Crippen LogP contribution in [-0.4, -0.2) is 11.5 Å². The van der Waals surface area contributed by atoms with Gasteiger partial charge in [0.2, 0.25) is 0 Å².